The Kier molecular flexibility index (Phi) is 5.19. The van der Waals surface area contributed by atoms with Crippen LogP contribution in [0.15, 0.2) is 34.7 Å². The van der Waals surface area contributed by atoms with Crippen molar-refractivity contribution in [2.45, 2.75) is 18.2 Å². The van der Waals surface area contributed by atoms with Crippen molar-refractivity contribution < 1.29 is 0 Å². The van der Waals surface area contributed by atoms with Gasteiger partial charge in [-0.2, -0.15) is 10.5 Å². The maximum Gasteiger partial charge on any atom is 0.130 e. The topological polar surface area (TPSA) is 47.6 Å². The highest BCUT2D eigenvalue weighted by Crippen LogP contribution is 2.20. The second-order valence-corrected chi connectivity index (χ2v) is 4.37. The second-order valence-electron chi connectivity index (χ2n) is 3.20. The first kappa shape index (κ1) is 12.4. The van der Waals surface area contributed by atoms with Crippen LogP contribution in [0.4, 0.5) is 0 Å². The summed E-state index contributed by atoms with van der Waals surface area (Å²) < 4.78 is 0. The fourth-order valence-electron chi connectivity index (χ4n) is 1.17. The lowest BCUT2D eigenvalue weighted by atomic mass is 10.1. The lowest BCUT2D eigenvalue weighted by Gasteiger charge is -2.00. The zero-order chi connectivity index (χ0) is 11.8. The maximum atomic E-state index is 8.65. The number of hydrogen-bond acceptors (Lipinski definition) is 3. The van der Waals surface area contributed by atoms with Gasteiger partial charge < -0.3 is 0 Å². The molecule has 0 saturated heterocycles. The van der Waals surface area contributed by atoms with Crippen molar-refractivity contribution in [2.75, 3.05) is 5.75 Å². The predicted molar refractivity (Wildman–Crippen MR) is 66.7 cm³/mol. The van der Waals surface area contributed by atoms with Crippen molar-refractivity contribution >= 4 is 17.8 Å². The summed E-state index contributed by atoms with van der Waals surface area (Å²) in [6.45, 7) is 2.14. The molecule has 0 saturated carbocycles. The maximum absolute atomic E-state index is 8.65. The highest BCUT2D eigenvalue weighted by Gasteiger charge is 1.97. The summed E-state index contributed by atoms with van der Waals surface area (Å²) >= 11 is 1.78. The Labute approximate surface area is 100 Å². The summed E-state index contributed by atoms with van der Waals surface area (Å²) in [5, 5.41) is 17.3. The van der Waals surface area contributed by atoms with Crippen LogP contribution < -0.4 is 0 Å². The summed E-state index contributed by atoms with van der Waals surface area (Å²) in [4.78, 5) is 1.17. The summed E-state index contributed by atoms with van der Waals surface area (Å²) in [6.07, 6.45) is 2.74. The number of allylic oxidation sites excluding steroid dienone is 1. The van der Waals surface area contributed by atoms with Gasteiger partial charge in [0.2, 0.25) is 0 Å². The van der Waals surface area contributed by atoms with Crippen LogP contribution in [0.5, 0.6) is 0 Å². The van der Waals surface area contributed by atoms with Crippen molar-refractivity contribution in [1.29, 1.82) is 10.5 Å². The molecule has 0 aliphatic carbocycles. The van der Waals surface area contributed by atoms with Crippen LogP contribution in [0.1, 0.15) is 18.9 Å². The van der Waals surface area contributed by atoms with Gasteiger partial charge in [0.05, 0.1) is 0 Å². The number of rotatable bonds is 4. The van der Waals surface area contributed by atoms with Crippen LogP contribution in [0.2, 0.25) is 0 Å². The highest BCUT2D eigenvalue weighted by molar-refractivity contribution is 7.99. The van der Waals surface area contributed by atoms with E-state index < -0.39 is 0 Å². The number of nitriles is 2. The Bertz CT molecular complexity index is 448. The van der Waals surface area contributed by atoms with Crippen molar-refractivity contribution in [3.63, 3.8) is 0 Å². The summed E-state index contributed by atoms with van der Waals surface area (Å²) in [5.74, 6) is 1.08. The molecule has 2 nitrogen and oxygen atoms in total. The molecular weight excluding hydrogens is 216 g/mol. The van der Waals surface area contributed by atoms with Crippen LogP contribution in [-0.4, -0.2) is 5.75 Å². The van der Waals surface area contributed by atoms with Gasteiger partial charge in [0, 0.05) is 4.90 Å². The molecule has 3 heteroatoms. The standard InChI is InChI=1S/C13H12N2S/c1-2-6-16-13-5-3-4-11(8-13)7-12(9-14)10-15/h3-5,7-8H,2,6H2,1H3. The molecule has 1 aromatic carbocycles. The van der Waals surface area contributed by atoms with Gasteiger partial charge in [-0.05, 0) is 35.9 Å². The molecule has 80 valence electrons. The average Bonchev–Trinajstić information content (AvgIpc) is 2.34. The Morgan fingerprint density at radius 3 is 2.75 bits per heavy atom. The van der Waals surface area contributed by atoms with Crippen LogP contribution >= 0.6 is 11.8 Å². The van der Waals surface area contributed by atoms with Gasteiger partial charge in [0.15, 0.2) is 0 Å². The van der Waals surface area contributed by atoms with E-state index in [1.165, 1.54) is 4.90 Å². The largest absolute Gasteiger partial charge is 0.192 e. The molecule has 0 atom stereocenters. The number of thioether (sulfide) groups is 1. The second kappa shape index (κ2) is 6.71. The summed E-state index contributed by atoms with van der Waals surface area (Å²) in [7, 11) is 0. The van der Waals surface area contributed by atoms with Gasteiger partial charge >= 0.3 is 0 Å². The van der Waals surface area contributed by atoms with E-state index >= 15 is 0 Å². The normalized spacial score (nSPS) is 8.94. The minimum Gasteiger partial charge on any atom is -0.192 e. The van der Waals surface area contributed by atoms with Crippen molar-refractivity contribution in [2.24, 2.45) is 0 Å². The minimum atomic E-state index is 0.137. The van der Waals surface area contributed by atoms with Gasteiger partial charge in [0.1, 0.15) is 17.7 Å². The SMILES string of the molecule is CCCSc1cccc(C=C(C#N)C#N)c1. The molecule has 0 bridgehead atoms. The molecular formula is C13H12N2S. The molecule has 0 aliphatic rings. The number of hydrogen-bond donors (Lipinski definition) is 0. The molecule has 0 unspecified atom stereocenters. The van der Waals surface area contributed by atoms with E-state index in [-0.39, 0.29) is 5.57 Å². The van der Waals surface area contributed by atoms with E-state index in [1.807, 2.05) is 36.4 Å². The van der Waals surface area contributed by atoms with Crippen LogP contribution in [-0.2, 0) is 0 Å². The first-order chi connectivity index (χ1) is 7.80. The van der Waals surface area contributed by atoms with Gasteiger partial charge in [-0.1, -0.05) is 19.1 Å². The predicted octanol–water partition coefficient (Wildman–Crippen LogP) is 3.62. The van der Waals surface area contributed by atoms with E-state index in [0.29, 0.717) is 0 Å². The Balaban J connectivity index is 2.88. The third-order valence-electron chi connectivity index (χ3n) is 1.88. The monoisotopic (exact) mass is 228 g/mol. The average molecular weight is 228 g/mol. The lowest BCUT2D eigenvalue weighted by Crippen LogP contribution is -1.79. The smallest absolute Gasteiger partial charge is 0.130 e. The minimum absolute atomic E-state index is 0.137. The van der Waals surface area contributed by atoms with Gasteiger partial charge in [-0.25, -0.2) is 0 Å². The van der Waals surface area contributed by atoms with E-state index in [4.69, 9.17) is 10.5 Å². The van der Waals surface area contributed by atoms with Crippen LogP contribution in [0.3, 0.4) is 0 Å². The van der Waals surface area contributed by atoms with Gasteiger partial charge in [-0.3, -0.25) is 0 Å². The fourth-order valence-corrected chi connectivity index (χ4v) is 2.00. The van der Waals surface area contributed by atoms with E-state index in [9.17, 15) is 0 Å². The molecule has 0 N–H and O–H groups in total. The zero-order valence-corrected chi connectivity index (χ0v) is 9.92. The van der Waals surface area contributed by atoms with Crippen molar-refractivity contribution in [3.05, 3.63) is 35.4 Å². The molecule has 0 fully saturated rings. The van der Waals surface area contributed by atoms with E-state index in [0.717, 1.165) is 17.7 Å². The Hall–Kier alpha value is -1.71. The third kappa shape index (κ3) is 3.81. The number of nitrogens with zero attached hydrogens (tertiary/aromatic N) is 2. The highest BCUT2D eigenvalue weighted by atomic mass is 32.2. The third-order valence-corrected chi connectivity index (χ3v) is 3.08. The number of benzene rings is 1. The van der Waals surface area contributed by atoms with E-state index in [2.05, 4.69) is 6.92 Å². The molecule has 0 heterocycles. The summed E-state index contributed by atoms with van der Waals surface area (Å²) in [6, 6.07) is 11.6. The summed E-state index contributed by atoms with van der Waals surface area (Å²) in [5.41, 5.74) is 1.04. The Morgan fingerprint density at radius 1 is 1.38 bits per heavy atom. The molecule has 1 rings (SSSR count). The van der Waals surface area contributed by atoms with Crippen LogP contribution in [0, 0.1) is 22.7 Å². The molecule has 0 amide bonds. The Morgan fingerprint density at radius 2 is 2.12 bits per heavy atom. The first-order valence-corrected chi connectivity index (χ1v) is 6.03. The van der Waals surface area contributed by atoms with Crippen molar-refractivity contribution in [3.8, 4) is 12.1 Å². The molecule has 1 aromatic rings. The van der Waals surface area contributed by atoms with E-state index in [1.54, 1.807) is 17.8 Å². The van der Waals surface area contributed by atoms with Gasteiger partial charge in [-0.15, -0.1) is 11.8 Å². The first-order valence-electron chi connectivity index (χ1n) is 5.05. The zero-order valence-electron chi connectivity index (χ0n) is 9.10. The molecule has 0 aliphatic heterocycles. The molecule has 0 spiro atoms. The quantitative estimate of drug-likeness (QED) is 0.584. The van der Waals surface area contributed by atoms with Crippen LogP contribution in [0.25, 0.3) is 6.08 Å². The molecule has 0 aromatic heterocycles. The molecule has 0 radical (unpaired) electrons. The van der Waals surface area contributed by atoms with Crippen molar-refractivity contribution in [1.82, 2.24) is 0 Å². The molecule has 16 heavy (non-hydrogen) atoms. The lowest BCUT2D eigenvalue weighted by molar-refractivity contribution is 1.10. The fraction of sp³-hybridized carbons (Fsp3) is 0.231. The van der Waals surface area contributed by atoms with Gasteiger partial charge in [0.25, 0.3) is 0 Å².